The van der Waals surface area contributed by atoms with E-state index in [0.717, 1.165) is 28.1 Å². The van der Waals surface area contributed by atoms with Crippen LogP contribution >= 0.6 is 0 Å². The van der Waals surface area contributed by atoms with E-state index in [1.54, 1.807) is 4.68 Å². The van der Waals surface area contributed by atoms with Crippen LogP contribution in [0.3, 0.4) is 0 Å². The molecule has 4 aromatic rings. The lowest BCUT2D eigenvalue weighted by molar-refractivity contribution is 0.0993. The summed E-state index contributed by atoms with van der Waals surface area (Å²) in [4.78, 5) is 8.76. The van der Waals surface area contributed by atoms with Crippen molar-refractivity contribution >= 4 is 11.0 Å². The first kappa shape index (κ1) is 17.4. The van der Waals surface area contributed by atoms with Crippen molar-refractivity contribution in [2.75, 3.05) is 0 Å². The molecule has 0 unspecified atom stereocenters. The summed E-state index contributed by atoms with van der Waals surface area (Å²) in [6.07, 6.45) is 3.42. The molecule has 0 aliphatic carbocycles. The van der Waals surface area contributed by atoms with Crippen molar-refractivity contribution in [3.63, 3.8) is 0 Å². The van der Waals surface area contributed by atoms with Gasteiger partial charge in [0.15, 0.2) is 5.82 Å². The quantitative estimate of drug-likeness (QED) is 0.521. The third kappa shape index (κ3) is 3.61. The Bertz CT molecular complexity index is 1060. The molecular weight excluding hydrogens is 338 g/mol. The highest BCUT2D eigenvalue weighted by atomic mass is 16.5. The van der Waals surface area contributed by atoms with Crippen molar-refractivity contribution in [3.05, 3.63) is 72.1 Å². The lowest BCUT2D eigenvalue weighted by atomic mass is 10.0. The summed E-state index contributed by atoms with van der Waals surface area (Å²) in [5.74, 6) is 1.31. The molecule has 0 saturated carbocycles. The number of fused-ring (bicyclic) bond motifs is 1. The van der Waals surface area contributed by atoms with Gasteiger partial charge in [-0.05, 0) is 41.3 Å². The summed E-state index contributed by atoms with van der Waals surface area (Å²) < 4.78 is 9.64. The maximum Gasteiger partial charge on any atom is 0.152 e. The van der Waals surface area contributed by atoms with Crippen LogP contribution in [0, 0.1) is 0 Å². The van der Waals surface area contributed by atoms with E-state index in [0.29, 0.717) is 19.1 Å². The van der Waals surface area contributed by atoms with E-state index in [1.807, 2.05) is 19.4 Å². The van der Waals surface area contributed by atoms with Crippen molar-refractivity contribution in [2.24, 2.45) is 7.05 Å². The average molecular weight is 361 g/mol. The summed E-state index contributed by atoms with van der Waals surface area (Å²) in [5.41, 5.74) is 5.62. The summed E-state index contributed by atoms with van der Waals surface area (Å²) in [6.45, 7) is 5.35. The lowest BCUT2D eigenvalue weighted by Gasteiger charge is -2.09. The average Bonchev–Trinajstić information content (AvgIpc) is 3.27. The molecule has 2 heterocycles. The van der Waals surface area contributed by atoms with Gasteiger partial charge < -0.3 is 4.74 Å². The Balaban J connectivity index is 1.53. The van der Waals surface area contributed by atoms with Gasteiger partial charge in [0.05, 0.1) is 17.6 Å². The number of benzene rings is 2. The molecule has 0 radical (unpaired) electrons. The third-order valence-electron chi connectivity index (χ3n) is 4.73. The molecule has 6 nitrogen and oxygen atoms in total. The Labute approximate surface area is 158 Å². The van der Waals surface area contributed by atoms with Crippen LogP contribution in [0.5, 0.6) is 0 Å². The van der Waals surface area contributed by atoms with Gasteiger partial charge in [-0.2, -0.15) is 5.10 Å². The zero-order chi connectivity index (χ0) is 18.8. The third-order valence-corrected chi connectivity index (χ3v) is 4.73. The van der Waals surface area contributed by atoms with Gasteiger partial charge >= 0.3 is 0 Å². The first-order valence-electron chi connectivity index (χ1n) is 9.09. The second-order valence-corrected chi connectivity index (χ2v) is 6.98. The van der Waals surface area contributed by atoms with Gasteiger partial charge in [0, 0.05) is 12.7 Å². The fourth-order valence-corrected chi connectivity index (χ4v) is 3.10. The number of hydrogen-bond donors (Lipinski definition) is 0. The Morgan fingerprint density at radius 3 is 2.70 bits per heavy atom. The van der Waals surface area contributed by atoms with E-state index in [2.05, 4.69) is 69.9 Å². The van der Waals surface area contributed by atoms with Gasteiger partial charge in [-0.15, -0.1) is 0 Å². The minimum atomic E-state index is 0.437. The Morgan fingerprint density at radius 1 is 1.04 bits per heavy atom. The van der Waals surface area contributed by atoms with E-state index < -0.39 is 0 Å². The van der Waals surface area contributed by atoms with Gasteiger partial charge in [-0.3, -0.25) is 9.25 Å². The number of aromatic nitrogens is 5. The van der Waals surface area contributed by atoms with Gasteiger partial charge in [-0.25, -0.2) is 9.97 Å². The first-order chi connectivity index (χ1) is 13.1. The van der Waals surface area contributed by atoms with E-state index >= 15 is 0 Å². The highest BCUT2D eigenvalue weighted by Crippen LogP contribution is 2.23. The second-order valence-electron chi connectivity index (χ2n) is 6.98. The van der Waals surface area contributed by atoms with E-state index in [-0.39, 0.29) is 0 Å². The predicted molar refractivity (Wildman–Crippen MR) is 105 cm³/mol. The fraction of sp³-hybridized carbons (Fsp3) is 0.286. The molecule has 6 heteroatoms. The highest BCUT2D eigenvalue weighted by molar-refractivity contribution is 5.78. The molecule has 138 valence electrons. The van der Waals surface area contributed by atoms with Gasteiger partial charge in [-0.1, -0.05) is 32.0 Å². The molecule has 4 rings (SSSR count). The predicted octanol–water partition coefficient (Wildman–Crippen LogP) is 3.99. The van der Waals surface area contributed by atoms with Crippen molar-refractivity contribution in [1.29, 1.82) is 0 Å². The van der Waals surface area contributed by atoms with Crippen molar-refractivity contribution in [3.8, 4) is 5.69 Å². The minimum Gasteiger partial charge on any atom is -0.369 e. The smallest absolute Gasteiger partial charge is 0.152 e. The first-order valence-corrected chi connectivity index (χ1v) is 9.09. The van der Waals surface area contributed by atoms with E-state index in [9.17, 15) is 0 Å². The summed E-state index contributed by atoms with van der Waals surface area (Å²) in [7, 11) is 1.86. The number of rotatable bonds is 6. The van der Waals surface area contributed by atoms with Crippen molar-refractivity contribution in [1.82, 2.24) is 24.3 Å². The van der Waals surface area contributed by atoms with Crippen LogP contribution in [0.1, 0.15) is 36.7 Å². The maximum absolute atomic E-state index is 5.80. The molecular formula is C21H23N5O. The lowest BCUT2D eigenvalue weighted by Crippen LogP contribution is -2.03. The summed E-state index contributed by atoms with van der Waals surface area (Å²) in [6, 6.07) is 14.8. The summed E-state index contributed by atoms with van der Waals surface area (Å²) in [5, 5.41) is 4.05. The molecule has 2 aromatic heterocycles. The van der Waals surface area contributed by atoms with Gasteiger partial charge in [0.2, 0.25) is 0 Å². The Morgan fingerprint density at radius 2 is 1.93 bits per heavy atom. The Kier molecular flexibility index (Phi) is 4.73. The molecule has 2 aromatic carbocycles. The zero-order valence-corrected chi connectivity index (χ0v) is 15.8. The second kappa shape index (κ2) is 7.32. The van der Waals surface area contributed by atoms with Crippen molar-refractivity contribution in [2.45, 2.75) is 33.0 Å². The summed E-state index contributed by atoms with van der Waals surface area (Å²) >= 11 is 0. The monoisotopic (exact) mass is 361 g/mol. The zero-order valence-electron chi connectivity index (χ0n) is 15.8. The normalized spacial score (nSPS) is 11.6. The van der Waals surface area contributed by atoms with Crippen LogP contribution in [-0.4, -0.2) is 24.3 Å². The van der Waals surface area contributed by atoms with Crippen LogP contribution in [0.2, 0.25) is 0 Å². The number of nitrogens with zero attached hydrogens (tertiary/aromatic N) is 5. The van der Waals surface area contributed by atoms with Crippen LogP contribution in [0.4, 0.5) is 0 Å². The molecule has 0 saturated heterocycles. The SMILES string of the molecule is CC(C)c1ccc2c(c1)ncn2-c1cccc(COCc2ncnn2C)c1. The molecule has 0 bridgehead atoms. The standard InChI is InChI=1S/C21H23N5O/c1-15(2)17-7-8-20-19(10-17)23-14-26(20)18-6-4-5-16(9-18)11-27-12-21-22-13-24-25(21)3/h4-10,13-15H,11-12H2,1-3H3. The van der Waals surface area contributed by atoms with Crippen LogP contribution in [0.15, 0.2) is 55.1 Å². The minimum absolute atomic E-state index is 0.437. The van der Waals surface area contributed by atoms with Crippen molar-refractivity contribution < 1.29 is 4.74 Å². The molecule has 27 heavy (non-hydrogen) atoms. The Hall–Kier alpha value is -2.99. The highest BCUT2D eigenvalue weighted by Gasteiger charge is 2.08. The largest absolute Gasteiger partial charge is 0.369 e. The van der Waals surface area contributed by atoms with E-state index in [1.165, 1.54) is 11.9 Å². The topological polar surface area (TPSA) is 57.8 Å². The van der Waals surface area contributed by atoms with Gasteiger partial charge in [0.25, 0.3) is 0 Å². The van der Waals surface area contributed by atoms with Crippen LogP contribution < -0.4 is 0 Å². The molecule has 0 amide bonds. The maximum atomic E-state index is 5.80. The van der Waals surface area contributed by atoms with E-state index in [4.69, 9.17) is 4.74 Å². The van der Waals surface area contributed by atoms with Crippen LogP contribution in [0.25, 0.3) is 16.7 Å². The van der Waals surface area contributed by atoms with Gasteiger partial charge in [0.1, 0.15) is 19.3 Å². The molecule has 0 fully saturated rings. The molecule has 0 aliphatic heterocycles. The number of imidazole rings is 1. The molecule has 0 spiro atoms. The molecule has 0 atom stereocenters. The number of hydrogen-bond acceptors (Lipinski definition) is 4. The number of ether oxygens (including phenoxy) is 1. The molecule has 0 aliphatic rings. The number of aryl methyl sites for hydroxylation is 1. The molecule has 0 N–H and O–H groups in total. The van der Waals surface area contributed by atoms with Crippen LogP contribution in [-0.2, 0) is 25.0 Å². The fourth-order valence-electron chi connectivity index (χ4n) is 3.10.